The molecule has 3 heterocycles. The molecule has 2 aromatic rings. The van der Waals surface area contributed by atoms with Gasteiger partial charge in [-0.05, 0) is 46.1 Å². The van der Waals surface area contributed by atoms with Gasteiger partial charge in [0.05, 0.1) is 5.56 Å². The molecule has 1 atom stereocenters. The highest BCUT2D eigenvalue weighted by atomic mass is 16.5. The molecule has 1 amide bonds. The van der Waals surface area contributed by atoms with Crippen LogP contribution in [-0.4, -0.2) is 27.5 Å². The molecule has 21 heavy (non-hydrogen) atoms. The van der Waals surface area contributed by atoms with E-state index in [1.165, 1.54) is 0 Å². The van der Waals surface area contributed by atoms with Crippen LogP contribution in [0.2, 0.25) is 0 Å². The first-order chi connectivity index (χ1) is 10.1. The van der Waals surface area contributed by atoms with E-state index in [1.54, 1.807) is 13.0 Å². The van der Waals surface area contributed by atoms with Gasteiger partial charge in [0, 0.05) is 6.54 Å². The number of rotatable bonds is 2. The summed E-state index contributed by atoms with van der Waals surface area (Å²) in [6.45, 7) is 6.15. The first kappa shape index (κ1) is 13.9. The third-order valence-corrected chi connectivity index (χ3v) is 3.86. The summed E-state index contributed by atoms with van der Waals surface area (Å²) in [5.41, 5.74) is 0.621. The number of hydrogen-bond acceptors (Lipinski definition) is 5. The smallest absolute Gasteiger partial charge is 0.258 e. The lowest BCUT2D eigenvalue weighted by Gasteiger charge is -2.33. The summed E-state index contributed by atoms with van der Waals surface area (Å²) in [6.07, 6.45) is 2.90. The number of aryl methyl sites for hydroxylation is 3. The molecule has 1 aliphatic rings. The molecule has 6 nitrogen and oxygen atoms in total. The second-order valence-electron chi connectivity index (χ2n) is 5.52. The number of amides is 1. The van der Waals surface area contributed by atoms with Crippen molar-refractivity contribution in [2.24, 2.45) is 0 Å². The fraction of sp³-hybridized carbons (Fsp3) is 0.533. The first-order valence-electron chi connectivity index (χ1n) is 7.24. The Morgan fingerprint density at radius 3 is 2.76 bits per heavy atom. The van der Waals surface area contributed by atoms with Crippen LogP contribution >= 0.6 is 0 Å². The summed E-state index contributed by atoms with van der Waals surface area (Å²) in [6, 6.07) is 1.66. The van der Waals surface area contributed by atoms with Crippen LogP contribution in [0.5, 0.6) is 0 Å². The number of piperidine rings is 1. The van der Waals surface area contributed by atoms with Gasteiger partial charge in [-0.2, -0.15) is 4.98 Å². The van der Waals surface area contributed by atoms with Crippen LogP contribution in [0.15, 0.2) is 15.0 Å². The van der Waals surface area contributed by atoms with Gasteiger partial charge in [-0.3, -0.25) is 4.79 Å². The van der Waals surface area contributed by atoms with Gasteiger partial charge in [-0.15, -0.1) is 0 Å². The van der Waals surface area contributed by atoms with Crippen LogP contribution in [0.25, 0.3) is 0 Å². The van der Waals surface area contributed by atoms with E-state index in [1.807, 2.05) is 18.7 Å². The SMILES string of the molecule is Cc1noc([C@H]2CCCCN2C(=O)c2cc(C)oc2C)n1. The zero-order valence-electron chi connectivity index (χ0n) is 12.5. The lowest BCUT2D eigenvalue weighted by Crippen LogP contribution is -2.38. The molecule has 0 radical (unpaired) electrons. The largest absolute Gasteiger partial charge is 0.466 e. The van der Waals surface area contributed by atoms with E-state index in [0.717, 1.165) is 25.0 Å². The van der Waals surface area contributed by atoms with E-state index in [2.05, 4.69) is 10.1 Å². The minimum absolute atomic E-state index is 0.0232. The predicted octanol–water partition coefficient (Wildman–Crippen LogP) is 2.96. The molecule has 3 rings (SSSR count). The Morgan fingerprint density at radius 2 is 2.14 bits per heavy atom. The van der Waals surface area contributed by atoms with Gasteiger partial charge < -0.3 is 13.8 Å². The highest BCUT2D eigenvalue weighted by molar-refractivity contribution is 5.95. The normalized spacial score (nSPS) is 19.0. The number of furan rings is 1. The van der Waals surface area contributed by atoms with Crippen molar-refractivity contribution in [2.75, 3.05) is 6.54 Å². The average molecular weight is 289 g/mol. The molecule has 0 N–H and O–H groups in total. The molecule has 0 spiro atoms. The first-order valence-corrected chi connectivity index (χ1v) is 7.24. The molecule has 112 valence electrons. The van der Waals surface area contributed by atoms with E-state index in [0.29, 0.717) is 29.6 Å². The molecule has 0 aromatic carbocycles. The Morgan fingerprint density at radius 1 is 1.33 bits per heavy atom. The molecule has 0 aliphatic carbocycles. The Kier molecular flexibility index (Phi) is 3.53. The molecule has 2 aromatic heterocycles. The number of nitrogens with zero attached hydrogens (tertiary/aromatic N) is 3. The van der Waals surface area contributed by atoms with Crippen LogP contribution in [0.3, 0.4) is 0 Å². The van der Waals surface area contributed by atoms with Crippen molar-refractivity contribution < 1.29 is 13.7 Å². The summed E-state index contributed by atoms with van der Waals surface area (Å²) in [7, 11) is 0. The Bertz CT molecular complexity index is 659. The molecule has 1 saturated heterocycles. The number of carbonyl (C=O) groups is 1. The van der Waals surface area contributed by atoms with E-state index in [-0.39, 0.29) is 11.9 Å². The fourth-order valence-electron chi connectivity index (χ4n) is 2.88. The number of likely N-dealkylation sites (tertiary alicyclic amines) is 1. The van der Waals surface area contributed by atoms with Crippen LogP contribution in [0.4, 0.5) is 0 Å². The lowest BCUT2D eigenvalue weighted by atomic mass is 10.0. The summed E-state index contributed by atoms with van der Waals surface area (Å²) in [4.78, 5) is 18.9. The number of carbonyl (C=O) groups excluding carboxylic acids is 1. The highest BCUT2D eigenvalue weighted by Gasteiger charge is 2.33. The molecular formula is C15H19N3O3. The lowest BCUT2D eigenvalue weighted by molar-refractivity contribution is 0.0559. The minimum atomic E-state index is -0.137. The third kappa shape index (κ3) is 2.57. The summed E-state index contributed by atoms with van der Waals surface area (Å²) in [5, 5.41) is 3.84. The quantitative estimate of drug-likeness (QED) is 0.850. The standard InChI is InChI=1S/C15H19N3O3/c1-9-8-12(10(2)20-9)15(19)18-7-5-4-6-13(18)14-16-11(3)17-21-14/h8,13H,4-7H2,1-3H3/t13-/m1/s1. The van der Waals surface area contributed by atoms with Gasteiger partial charge in [-0.25, -0.2) is 0 Å². The number of aromatic nitrogens is 2. The van der Waals surface area contributed by atoms with Crippen LogP contribution in [0.1, 0.15) is 58.9 Å². The maximum absolute atomic E-state index is 12.8. The molecule has 6 heteroatoms. The van der Waals surface area contributed by atoms with E-state index in [4.69, 9.17) is 8.94 Å². The maximum Gasteiger partial charge on any atom is 0.258 e. The summed E-state index contributed by atoms with van der Waals surface area (Å²) < 4.78 is 10.7. The maximum atomic E-state index is 12.8. The molecule has 1 fully saturated rings. The monoisotopic (exact) mass is 289 g/mol. The second-order valence-corrected chi connectivity index (χ2v) is 5.52. The predicted molar refractivity (Wildman–Crippen MR) is 74.8 cm³/mol. The van der Waals surface area contributed by atoms with E-state index in [9.17, 15) is 4.79 Å². The van der Waals surface area contributed by atoms with Gasteiger partial charge in [0.2, 0.25) is 5.89 Å². The Labute approximate surface area is 123 Å². The Balaban J connectivity index is 1.90. The van der Waals surface area contributed by atoms with Crippen LogP contribution in [0, 0.1) is 20.8 Å². The van der Waals surface area contributed by atoms with E-state index >= 15 is 0 Å². The van der Waals surface area contributed by atoms with Crippen molar-refractivity contribution in [3.63, 3.8) is 0 Å². The summed E-state index contributed by atoms with van der Waals surface area (Å²) in [5.74, 6) is 2.50. The minimum Gasteiger partial charge on any atom is -0.466 e. The zero-order valence-corrected chi connectivity index (χ0v) is 12.5. The van der Waals surface area contributed by atoms with Gasteiger partial charge in [0.1, 0.15) is 17.6 Å². The van der Waals surface area contributed by atoms with Gasteiger partial charge in [0.15, 0.2) is 5.82 Å². The van der Waals surface area contributed by atoms with Gasteiger partial charge in [0.25, 0.3) is 5.91 Å². The van der Waals surface area contributed by atoms with Crippen molar-refractivity contribution in [1.29, 1.82) is 0 Å². The highest BCUT2D eigenvalue weighted by Crippen LogP contribution is 2.32. The fourth-order valence-corrected chi connectivity index (χ4v) is 2.88. The Hall–Kier alpha value is -2.11. The zero-order chi connectivity index (χ0) is 15.0. The molecule has 0 bridgehead atoms. The molecule has 1 aliphatic heterocycles. The van der Waals surface area contributed by atoms with Crippen molar-refractivity contribution in [1.82, 2.24) is 15.0 Å². The number of hydrogen-bond donors (Lipinski definition) is 0. The van der Waals surface area contributed by atoms with E-state index < -0.39 is 0 Å². The van der Waals surface area contributed by atoms with Crippen molar-refractivity contribution in [2.45, 2.75) is 46.1 Å². The second kappa shape index (κ2) is 5.35. The molecule has 0 unspecified atom stereocenters. The van der Waals surface area contributed by atoms with Crippen molar-refractivity contribution in [3.05, 3.63) is 34.9 Å². The van der Waals surface area contributed by atoms with Gasteiger partial charge >= 0.3 is 0 Å². The topological polar surface area (TPSA) is 72.4 Å². The van der Waals surface area contributed by atoms with Gasteiger partial charge in [-0.1, -0.05) is 5.16 Å². The van der Waals surface area contributed by atoms with Crippen molar-refractivity contribution >= 4 is 5.91 Å². The summed E-state index contributed by atoms with van der Waals surface area (Å²) >= 11 is 0. The van der Waals surface area contributed by atoms with Crippen molar-refractivity contribution in [3.8, 4) is 0 Å². The average Bonchev–Trinajstić information content (AvgIpc) is 3.04. The molecular weight excluding hydrogens is 270 g/mol. The third-order valence-electron chi connectivity index (χ3n) is 3.86. The van der Waals surface area contributed by atoms with Crippen LogP contribution in [-0.2, 0) is 0 Å². The molecule has 0 saturated carbocycles. The van der Waals surface area contributed by atoms with Crippen LogP contribution < -0.4 is 0 Å².